The van der Waals surface area contributed by atoms with Gasteiger partial charge in [-0.3, -0.25) is 4.79 Å². The first-order valence-electron chi connectivity index (χ1n) is 9.02. The summed E-state index contributed by atoms with van der Waals surface area (Å²) in [5.74, 6) is -0.313. The molecule has 0 aromatic heterocycles. The Morgan fingerprint density at radius 2 is 1.73 bits per heavy atom. The summed E-state index contributed by atoms with van der Waals surface area (Å²) in [7, 11) is 0. The molecule has 0 spiro atoms. The number of alkyl carbamates (subject to hydrolysis) is 1. The van der Waals surface area contributed by atoms with Crippen LogP contribution in [0.3, 0.4) is 0 Å². The lowest BCUT2D eigenvalue weighted by atomic mass is 10.0. The number of amides is 1. The Morgan fingerprint density at radius 3 is 2.30 bits per heavy atom. The lowest BCUT2D eigenvalue weighted by Gasteiger charge is -2.19. The van der Waals surface area contributed by atoms with Crippen molar-refractivity contribution in [3.8, 4) is 22.6 Å². The van der Waals surface area contributed by atoms with Gasteiger partial charge in [-0.15, -0.1) is 13.2 Å². The number of hydrogen-bond acceptors (Lipinski definition) is 5. The van der Waals surface area contributed by atoms with Gasteiger partial charge in [0.15, 0.2) is 0 Å². The fourth-order valence-electron chi connectivity index (χ4n) is 2.42. The van der Waals surface area contributed by atoms with Crippen LogP contribution in [0.1, 0.15) is 31.1 Å². The van der Waals surface area contributed by atoms with E-state index in [1.807, 2.05) is 0 Å². The third-order valence-corrected chi connectivity index (χ3v) is 3.58. The number of carbonyl (C=O) groups excluding carboxylic acids is 2. The highest BCUT2D eigenvalue weighted by atomic mass is 19.4. The summed E-state index contributed by atoms with van der Waals surface area (Å²) >= 11 is 0. The summed E-state index contributed by atoms with van der Waals surface area (Å²) in [6.45, 7) is 5.27. The van der Waals surface area contributed by atoms with Crippen molar-refractivity contribution in [2.75, 3.05) is 13.2 Å². The normalized spacial score (nSPS) is 11.5. The highest BCUT2D eigenvalue weighted by Gasteiger charge is 2.32. The van der Waals surface area contributed by atoms with Gasteiger partial charge in [-0.2, -0.15) is 0 Å². The van der Waals surface area contributed by atoms with Crippen LogP contribution in [0.5, 0.6) is 11.5 Å². The summed E-state index contributed by atoms with van der Waals surface area (Å²) in [5, 5.41) is 2.48. The zero-order valence-corrected chi connectivity index (χ0v) is 16.7. The van der Waals surface area contributed by atoms with E-state index in [9.17, 15) is 22.8 Å². The number of ether oxygens (including phenoxy) is 3. The molecule has 1 amide bonds. The molecule has 0 saturated carbocycles. The smallest absolute Gasteiger partial charge is 0.492 e. The Balaban J connectivity index is 2.09. The monoisotopic (exact) mass is 425 g/mol. The molecule has 0 aliphatic rings. The number of carbonyl (C=O) groups is 2. The Labute approximate surface area is 171 Å². The molecule has 0 fully saturated rings. The number of alkyl halides is 3. The van der Waals surface area contributed by atoms with E-state index in [-0.39, 0.29) is 24.5 Å². The van der Waals surface area contributed by atoms with Gasteiger partial charge in [0, 0.05) is 17.2 Å². The van der Waals surface area contributed by atoms with Crippen LogP contribution in [-0.4, -0.2) is 37.5 Å². The van der Waals surface area contributed by atoms with Gasteiger partial charge >= 0.3 is 12.5 Å². The highest BCUT2D eigenvalue weighted by molar-refractivity contribution is 5.78. The number of hydrogen-bond donors (Lipinski definition) is 1. The summed E-state index contributed by atoms with van der Waals surface area (Å²) in [6.07, 6.45) is -4.88. The van der Waals surface area contributed by atoms with Gasteiger partial charge < -0.3 is 19.5 Å². The van der Waals surface area contributed by atoms with Crippen molar-refractivity contribution in [1.29, 1.82) is 0 Å². The minimum absolute atomic E-state index is 0.0120. The fourth-order valence-corrected chi connectivity index (χ4v) is 2.42. The number of rotatable bonds is 7. The Hall–Kier alpha value is -3.23. The second kappa shape index (κ2) is 9.51. The standard InChI is InChI=1S/C21H22F3NO5/c1-20(2,3)30-19(27)25-10-11-28-16-8-9-17(18(12-16)29-21(22,23)24)15-6-4-14(13-26)5-7-15/h4-9,12-13H,10-11H2,1-3H3,(H,25,27). The molecule has 0 aliphatic heterocycles. The summed E-state index contributed by atoms with van der Waals surface area (Å²) < 4.78 is 53.2. The van der Waals surface area contributed by atoms with Crippen LogP contribution in [0.15, 0.2) is 42.5 Å². The van der Waals surface area contributed by atoms with E-state index in [0.29, 0.717) is 17.4 Å². The number of aldehydes is 1. The maximum absolute atomic E-state index is 12.8. The van der Waals surface area contributed by atoms with Crippen LogP contribution in [0.25, 0.3) is 11.1 Å². The van der Waals surface area contributed by atoms with Crippen LogP contribution in [0.4, 0.5) is 18.0 Å². The lowest BCUT2D eigenvalue weighted by molar-refractivity contribution is -0.274. The zero-order valence-electron chi connectivity index (χ0n) is 16.7. The third-order valence-electron chi connectivity index (χ3n) is 3.58. The zero-order chi connectivity index (χ0) is 22.4. The van der Waals surface area contributed by atoms with Gasteiger partial charge in [0.1, 0.15) is 30.0 Å². The average Bonchev–Trinajstić information content (AvgIpc) is 2.63. The molecule has 0 atom stereocenters. The van der Waals surface area contributed by atoms with Crippen molar-refractivity contribution in [2.24, 2.45) is 0 Å². The van der Waals surface area contributed by atoms with Crippen LogP contribution in [-0.2, 0) is 4.74 Å². The van der Waals surface area contributed by atoms with Gasteiger partial charge in [-0.25, -0.2) is 4.79 Å². The van der Waals surface area contributed by atoms with Crippen molar-refractivity contribution in [3.05, 3.63) is 48.0 Å². The maximum Gasteiger partial charge on any atom is 0.573 e. The summed E-state index contributed by atoms with van der Waals surface area (Å²) in [5.41, 5.74) is 0.380. The van der Waals surface area contributed by atoms with Crippen LogP contribution in [0, 0.1) is 0 Å². The molecule has 2 aromatic rings. The van der Waals surface area contributed by atoms with Crippen molar-refractivity contribution in [1.82, 2.24) is 5.32 Å². The van der Waals surface area contributed by atoms with E-state index in [0.717, 1.165) is 6.07 Å². The quantitative estimate of drug-likeness (QED) is 0.501. The van der Waals surface area contributed by atoms with Crippen molar-refractivity contribution < 1.29 is 37.0 Å². The molecule has 0 aliphatic carbocycles. The predicted molar refractivity (Wildman–Crippen MR) is 104 cm³/mol. The number of halogens is 3. The largest absolute Gasteiger partial charge is 0.573 e. The minimum Gasteiger partial charge on any atom is -0.492 e. The number of nitrogens with one attached hydrogen (secondary N) is 1. The summed E-state index contributed by atoms with van der Waals surface area (Å²) in [4.78, 5) is 22.3. The Bertz CT molecular complexity index is 874. The number of benzene rings is 2. The van der Waals surface area contributed by atoms with E-state index in [1.54, 1.807) is 20.8 Å². The van der Waals surface area contributed by atoms with Crippen LogP contribution < -0.4 is 14.8 Å². The Kier molecular flexibility index (Phi) is 7.31. The van der Waals surface area contributed by atoms with Gasteiger partial charge in [0.05, 0.1) is 6.54 Å². The molecule has 9 heteroatoms. The first-order valence-corrected chi connectivity index (χ1v) is 9.02. The summed E-state index contributed by atoms with van der Waals surface area (Å²) in [6, 6.07) is 10.1. The minimum atomic E-state index is -4.89. The van der Waals surface area contributed by atoms with Crippen LogP contribution >= 0.6 is 0 Å². The maximum atomic E-state index is 12.8. The molecule has 0 radical (unpaired) electrons. The average molecular weight is 425 g/mol. The van der Waals surface area contributed by atoms with Gasteiger partial charge in [-0.1, -0.05) is 24.3 Å². The topological polar surface area (TPSA) is 73.9 Å². The molecular weight excluding hydrogens is 403 g/mol. The van der Waals surface area contributed by atoms with E-state index in [1.165, 1.54) is 36.4 Å². The second-order valence-electron chi connectivity index (χ2n) is 7.22. The first kappa shape index (κ1) is 23.1. The van der Waals surface area contributed by atoms with Gasteiger partial charge in [-0.05, 0) is 38.5 Å². The molecule has 6 nitrogen and oxygen atoms in total. The van der Waals surface area contributed by atoms with Crippen molar-refractivity contribution in [2.45, 2.75) is 32.7 Å². The molecule has 0 heterocycles. The van der Waals surface area contributed by atoms with E-state index in [4.69, 9.17) is 9.47 Å². The molecule has 30 heavy (non-hydrogen) atoms. The van der Waals surface area contributed by atoms with Crippen LogP contribution in [0.2, 0.25) is 0 Å². The molecule has 0 saturated heterocycles. The molecule has 1 N–H and O–H groups in total. The predicted octanol–water partition coefficient (Wildman–Crippen LogP) is 4.97. The third kappa shape index (κ3) is 7.65. The van der Waals surface area contributed by atoms with E-state index >= 15 is 0 Å². The van der Waals surface area contributed by atoms with Crippen molar-refractivity contribution >= 4 is 12.4 Å². The first-order chi connectivity index (χ1) is 14.0. The van der Waals surface area contributed by atoms with Gasteiger partial charge in [0.25, 0.3) is 0 Å². The second-order valence-corrected chi connectivity index (χ2v) is 7.22. The highest BCUT2D eigenvalue weighted by Crippen LogP contribution is 2.36. The molecule has 0 unspecified atom stereocenters. The fraction of sp³-hybridized carbons (Fsp3) is 0.333. The molecule has 2 rings (SSSR count). The lowest BCUT2D eigenvalue weighted by Crippen LogP contribution is -2.34. The SMILES string of the molecule is CC(C)(C)OC(=O)NCCOc1ccc(-c2ccc(C=O)cc2)c(OC(F)(F)F)c1. The molecule has 162 valence electrons. The Morgan fingerprint density at radius 1 is 1.07 bits per heavy atom. The molecular formula is C21H22F3NO5. The van der Waals surface area contributed by atoms with Crippen molar-refractivity contribution in [3.63, 3.8) is 0 Å². The molecule has 0 bridgehead atoms. The van der Waals surface area contributed by atoms with E-state index < -0.39 is 23.8 Å². The molecule has 2 aromatic carbocycles. The van der Waals surface area contributed by atoms with Gasteiger partial charge in [0.2, 0.25) is 0 Å². The van der Waals surface area contributed by atoms with E-state index in [2.05, 4.69) is 10.1 Å².